The minimum absolute atomic E-state index is 0.176. The summed E-state index contributed by atoms with van der Waals surface area (Å²) in [5.41, 5.74) is 6.45. The van der Waals surface area contributed by atoms with Crippen molar-refractivity contribution in [2.75, 3.05) is 26.9 Å². The van der Waals surface area contributed by atoms with E-state index in [1.54, 1.807) is 12.1 Å². The highest BCUT2D eigenvalue weighted by Gasteiger charge is 2.11. The van der Waals surface area contributed by atoms with Crippen LogP contribution in [-0.2, 0) is 9.47 Å². The fourth-order valence-electron chi connectivity index (χ4n) is 1.63. The van der Waals surface area contributed by atoms with Gasteiger partial charge in [-0.05, 0) is 38.5 Å². The molecule has 0 aliphatic carbocycles. The van der Waals surface area contributed by atoms with E-state index in [0.717, 1.165) is 0 Å². The Kier molecular flexibility index (Phi) is 6.39. The molecule has 0 bridgehead atoms. The third-order valence-electron chi connectivity index (χ3n) is 2.66. The first kappa shape index (κ1) is 16.9. The van der Waals surface area contributed by atoms with Gasteiger partial charge in [-0.3, -0.25) is 0 Å². The number of hydrogen-bond acceptors (Lipinski definition) is 4. The van der Waals surface area contributed by atoms with Gasteiger partial charge in [0.1, 0.15) is 0 Å². The molecule has 0 fully saturated rings. The number of methoxy groups -OCH3 is 1. The predicted molar refractivity (Wildman–Crippen MR) is 76.4 cm³/mol. The molecular weight excluding hydrogens is 261 g/mol. The number of halogens is 1. The van der Waals surface area contributed by atoms with Gasteiger partial charge in [0.15, 0.2) is 11.6 Å². The van der Waals surface area contributed by atoms with Crippen LogP contribution in [0.15, 0.2) is 18.2 Å². The molecule has 1 aromatic rings. The molecule has 1 atom stereocenters. The molecule has 0 aliphatic heterocycles. The predicted octanol–water partition coefficient (Wildman–Crippen LogP) is 2.67. The molecule has 0 aliphatic rings. The van der Waals surface area contributed by atoms with Gasteiger partial charge < -0.3 is 19.9 Å². The van der Waals surface area contributed by atoms with Crippen molar-refractivity contribution in [3.05, 3.63) is 29.6 Å². The van der Waals surface area contributed by atoms with Gasteiger partial charge in [-0.25, -0.2) is 4.39 Å². The van der Waals surface area contributed by atoms with Gasteiger partial charge in [0.2, 0.25) is 0 Å². The SMILES string of the molecule is COc1ccc(C(N)COCCOC(C)(C)C)cc1F. The second-order valence-electron chi connectivity index (χ2n) is 5.54. The number of ether oxygens (including phenoxy) is 3. The van der Waals surface area contributed by atoms with Crippen molar-refractivity contribution in [3.63, 3.8) is 0 Å². The molecule has 114 valence electrons. The van der Waals surface area contributed by atoms with E-state index in [1.807, 2.05) is 20.8 Å². The first-order valence-electron chi connectivity index (χ1n) is 6.64. The minimum atomic E-state index is -0.420. The molecular formula is C15H24FNO3. The summed E-state index contributed by atoms with van der Waals surface area (Å²) in [5.74, 6) is -0.211. The molecule has 1 unspecified atom stereocenters. The maximum absolute atomic E-state index is 13.5. The largest absolute Gasteiger partial charge is 0.494 e. The summed E-state index contributed by atoms with van der Waals surface area (Å²) in [6.45, 7) is 7.24. The van der Waals surface area contributed by atoms with Crippen LogP contribution < -0.4 is 10.5 Å². The maximum Gasteiger partial charge on any atom is 0.165 e. The van der Waals surface area contributed by atoms with Crippen LogP contribution in [0.4, 0.5) is 4.39 Å². The molecule has 0 heterocycles. The molecule has 0 saturated heterocycles. The van der Waals surface area contributed by atoms with E-state index in [2.05, 4.69) is 0 Å². The molecule has 0 aromatic heterocycles. The van der Waals surface area contributed by atoms with Crippen LogP contribution in [0.25, 0.3) is 0 Å². The Morgan fingerprint density at radius 1 is 1.25 bits per heavy atom. The van der Waals surface area contributed by atoms with Crippen LogP contribution >= 0.6 is 0 Å². The van der Waals surface area contributed by atoms with Crippen LogP contribution in [0, 0.1) is 5.82 Å². The highest BCUT2D eigenvalue weighted by molar-refractivity contribution is 5.30. The zero-order chi connectivity index (χ0) is 15.2. The van der Waals surface area contributed by atoms with Gasteiger partial charge in [0.25, 0.3) is 0 Å². The van der Waals surface area contributed by atoms with Gasteiger partial charge in [0, 0.05) is 0 Å². The summed E-state index contributed by atoms with van der Waals surface area (Å²) in [5, 5.41) is 0. The second-order valence-corrected chi connectivity index (χ2v) is 5.54. The smallest absolute Gasteiger partial charge is 0.165 e. The van der Waals surface area contributed by atoms with E-state index in [4.69, 9.17) is 19.9 Å². The molecule has 2 N–H and O–H groups in total. The van der Waals surface area contributed by atoms with Crippen LogP contribution in [-0.4, -0.2) is 32.5 Å². The van der Waals surface area contributed by atoms with Crippen molar-refractivity contribution < 1.29 is 18.6 Å². The molecule has 5 heteroatoms. The Balaban J connectivity index is 2.36. The standard InChI is InChI=1S/C15H24FNO3/c1-15(2,3)20-8-7-19-10-13(17)11-5-6-14(18-4)12(16)9-11/h5-6,9,13H,7-8,10,17H2,1-4H3. The molecule has 0 spiro atoms. The summed E-state index contributed by atoms with van der Waals surface area (Å²) in [6, 6.07) is 4.30. The van der Waals surface area contributed by atoms with Gasteiger partial charge in [-0.1, -0.05) is 6.07 Å². The zero-order valence-corrected chi connectivity index (χ0v) is 12.6. The topological polar surface area (TPSA) is 53.7 Å². The molecule has 20 heavy (non-hydrogen) atoms. The van der Waals surface area contributed by atoms with Crippen molar-refractivity contribution in [3.8, 4) is 5.75 Å². The average molecular weight is 285 g/mol. The monoisotopic (exact) mass is 285 g/mol. The zero-order valence-electron chi connectivity index (χ0n) is 12.6. The summed E-state index contributed by atoms with van der Waals surface area (Å²) >= 11 is 0. The van der Waals surface area contributed by atoms with Crippen molar-refractivity contribution >= 4 is 0 Å². The first-order chi connectivity index (χ1) is 9.33. The maximum atomic E-state index is 13.5. The lowest BCUT2D eigenvalue weighted by Gasteiger charge is -2.20. The second kappa shape index (κ2) is 7.57. The van der Waals surface area contributed by atoms with E-state index in [-0.39, 0.29) is 17.4 Å². The third-order valence-corrected chi connectivity index (χ3v) is 2.66. The number of benzene rings is 1. The van der Waals surface area contributed by atoms with Gasteiger partial charge in [-0.15, -0.1) is 0 Å². The fraction of sp³-hybridized carbons (Fsp3) is 0.600. The molecule has 0 radical (unpaired) electrons. The Morgan fingerprint density at radius 2 is 1.95 bits per heavy atom. The minimum Gasteiger partial charge on any atom is -0.494 e. The van der Waals surface area contributed by atoms with Gasteiger partial charge in [-0.2, -0.15) is 0 Å². The molecule has 1 rings (SSSR count). The van der Waals surface area contributed by atoms with E-state index in [1.165, 1.54) is 13.2 Å². The highest BCUT2D eigenvalue weighted by Crippen LogP contribution is 2.21. The van der Waals surface area contributed by atoms with Crippen molar-refractivity contribution in [2.24, 2.45) is 5.73 Å². The Labute approximate surface area is 120 Å². The van der Waals surface area contributed by atoms with Crippen LogP contribution in [0.2, 0.25) is 0 Å². The van der Waals surface area contributed by atoms with Gasteiger partial charge >= 0.3 is 0 Å². The van der Waals surface area contributed by atoms with Gasteiger partial charge in [0.05, 0.1) is 38.6 Å². The number of nitrogens with two attached hydrogens (primary N) is 1. The lowest BCUT2D eigenvalue weighted by molar-refractivity contribution is -0.0363. The molecule has 0 saturated carbocycles. The van der Waals surface area contributed by atoms with Crippen molar-refractivity contribution in [2.45, 2.75) is 32.4 Å². The lowest BCUT2D eigenvalue weighted by atomic mass is 10.1. The quantitative estimate of drug-likeness (QED) is 0.783. The van der Waals surface area contributed by atoms with Crippen LogP contribution in [0.5, 0.6) is 5.75 Å². The number of rotatable bonds is 7. The number of hydrogen-bond donors (Lipinski definition) is 1. The summed E-state index contributed by atoms with van der Waals surface area (Å²) in [7, 11) is 1.43. The van der Waals surface area contributed by atoms with Crippen LogP contribution in [0.3, 0.4) is 0 Å². The van der Waals surface area contributed by atoms with E-state index in [9.17, 15) is 4.39 Å². The van der Waals surface area contributed by atoms with E-state index >= 15 is 0 Å². The lowest BCUT2D eigenvalue weighted by Crippen LogP contribution is -2.23. The molecule has 1 aromatic carbocycles. The summed E-state index contributed by atoms with van der Waals surface area (Å²) < 4.78 is 29.4. The van der Waals surface area contributed by atoms with E-state index in [0.29, 0.717) is 25.4 Å². The Morgan fingerprint density at radius 3 is 2.50 bits per heavy atom. The average Bonchev–Trinajstić information content (AvgIpc) is 2.36. The summed E-state index contributed by atoms with van der Waals surface area (Å²) in [6.07, 6.45) is 0. The summed E-state index contributed by atoms with van der Waals surface area (Å²) in [4.78, 5) is 0. The Hall–Kier alpha value is -1.17. The van der Waals surface area contributed by atoms with Crippen molar-refractivity contribution in [1.29, 1.82) is 0 Å². The van der Waals surface area contributed by atoms with E-state index < -0.39 is 5.82 Å². The normalized spacial score (nSPS) is 13.3. The third kappa shape index (κ3) is 5.86. The fourth-order valence-corrected chi connectivity index (χ4v) is 1.63. The molecule has 4 nitrogen and oxygen atoms in total. The highest BCUT2D eigenvalue weighted by atomic mass is 19.1. The Bertz CT molecular complexity index is 418. The van der Waals surface area contributed by atoms with Crippen LogP contribution in [0.1, 0.15) is 32.4 Å². The molecule has 0 amide bonds. The van der Waals surface area contributed by atoms with Crippen molar-refractivity contribution in [1.82, 2.24) is 0 Å². The first-order valence-corrected chi connectivity index (χ1v) is 6.64.